The van der Waals surface area contributed by atoms with Crippen LogP contribution in [-0.4, -0.2) is 64.7 Å². The standard InChI is InChI=1S/C34H39N7O4/c1-21-27(5-4-6-28(21)40-33(44)30-10-7-23(18-38-30)17-35-15-16-42)32-22(2)26(13-14-37-32)29-11-8-24(34(41-29)45-3)19-36-20-25-9-12-31(43)39-25/h4-8,10-11,13-14,18,25,35-36,42H,9,12,15-17,19-20H2,1-3H3,(H,39,43)(H,40,44)/t25-/m1/s1. The smallest absolute Gasteiger partial charge is 0.274 e. The second kappa shape index (κ2) is 14.8. The molecule has 0 spiro atoms. The van der Waals surface area contributed by atoms with Crippen molar-refractivity contribution in [3.05, 3.63) is 88.9 Å². The zero-order valence-corrected chi connectivity index (χ0v) is 25.8. The first kappa shape index (κ1) is 31.7. The van der Waals surface area contributed by atoms with E-state index < -0.39 is 0 Å². The van der Waals surface area contributed by atoms with E-state index in [1.54, 1.807) is 25.6 Å². The van der Waals surface area contributed by atoms with Crippen LogP contribution in [0.25, 0.3) is 22.5 Å². The third-order valence-corrected chi connectivity index (χ3v) is 7.92. The summed E-state index contributed by atoms with van der Waals surface area (Å²) in [6.07, 6.45) is 4.85. The van der Waals surface area contributed by atoms with Crippen molar-refractivity contribution in [2.45, 2.75) is 45.8 Å². The number of hydrogen-bond acceptors (Lipinski definition) is 9. The van der Waals surface area contributed by atoms with Gasteiger partial charge in [-0.1, -0.05) is 24.3 Å². The Kier molecular flexibility index (Phi) is 10.5. The minimum absolute atomic E-state index is 0.0626. The Bertz CT molecular complexity index is 1660. The van der Waals surface area contributed by atoms with Gasteiger partial charge in [-0.2, -0.15) is 0 Å². The number of benzene rings is 1. The van der Waals surface area contributed by atoms with Crippen LogP contribution in [0.5, 0.6) is 5.88 Å². The highest BCUT2D eigenvalue weighted by molar-refractivity contribution is 6.03. The molecule has 1 atom stereocenters. The molecule has 0 radical (unpaired) electrons. The Hall–Kier alpha value is -4.71. The Labute approximate surface area is 262 Å². The summed E-state index contributed by atoms with van der Waals surface area (Å²) in [4.78, 5) is 38.4. The molecule has 0 saturated carbocycles. The summed E-state index contributed by atoms with van der Waals surface area (Å²) in [5, 5.41) is 21.4. The SMILES string of the molecule is COc1nc(-c2ccnc(-c3cccc(NC(=O)c4ccc(CNCCO)cn4)c3C)c2C)ccc1CNC[C@H]1CCC(=O)N1. The lowest BCUT2D eigenvalue weighted by molar-refractivity contribution is -0.119. The van der Waals surface area contributed by atoms with Gasteiger partial charge < -0.3 is 31.1 Å². The van der Waals surface area contributed by atoms with Gasteiger partial charge in [0.25, 0.3) is 5.91 Å². The lowest BCUT2D eigenvalue weighted by Crippen LogP contribution is -2.35. The van der Waals surface area contributed by atoms with E-state index in [0.717, 1.165) is 51.2 Å². The molecule has 1 saturated heterocycles. The average Bonchev–Trinajstić information content (AvgIpc) is 3.47. The van der Waals surface area contributed by atoms with E-state index in [1.807, 2.05) is 56.3 Å². The number of amides is 2. The number of nitrogens with one attached hydrogen (secondary N) is 4. The van der Waals surface area contributed by atoms with Gasteiger partial charge in [0.15, 0.2) is 0 Å². The van der Waals surface area contributed by atoms with Crippen molar-refractivity contribution >= 4 is 17.5 Å². The molecule has 5 N–H and O–H groups in total. The Morgan fingerprint density at radius 2 is 1.89 bits per heavy atom. The molecule has 45 heavy (non-hydrogen) atoms. The minimum atomic E-state index is -0.303. The Balaban J connectivity index is 1.32. The number of nitrogens with zero attached hydrogens (tertiary/aromatic N) is 3. The van der Waals surface area contributed by atoms with Gasteiger partial charge in [-0.15, -0.1) is 0 Å². The molecular weight excluding hydrogens is 570 g/mol. The Morgan fingerprint density at radius 1 is 1.02 bits per heavy atom. The predicted octanol–water partition coefficient (Wildman–Crippen LogP) is 3.53. The van der Waals surface area contributed by atoms with Crippen molar-refractivity contribution in [1.29, 1.82) is 0 Å². The average molecular weight is 610 g/mol. The van der Waals surface area contributed by atoms with Crippen molar-refractivity contribution in [3.8, 4) is 28.4 Å². The molecule has 11 heteroatoms. The molecule has 4 aromatic rings. The fourth-order valence-corrected chi connectivity index (χ4v) is 5.42. The van der Waals surface area contributed by atoms with Gasteiger partial charge in [0.2, 0.25) is 11.8 Å². The molecule has 1 aromatic carbocycles. The summed E-state index contributed by atoms with van der Waals surface area (Å²) in [7, 11) is 1.61. The molecule has 0 unspecified atom stereocenters. The molecule has 4 heterocycles. The number of carbonyl (C=O) groups excluding carboxylic acids is 2. The van der Waals surface area contributed by atoms with E-state index in [2.05, 4.69) is 26.3 Å². The van der Waals surface area contributed by atoms with Gasteiger partial charge in [-0.05, 0) is 61.2 Å². The number of carbonyl (C=O) groups is 2. The van der Waals surface area contributed by atoms with Crippen molar-refractivity contribution in [3.63, 3.8) is 0 Å². The first-order chi connectivity index (χ1) is 21.9. The second-order valence-electron chi connectivity index (χ2n) is 11.0. The van der Waals surface area contributed by atoms with Crippen molar-refractivity contribution in [2.24, 2.45) is 0 Å². The minimum Gasteiger partial charge on any atom is -0.481 e. The zero-order valence-electron chi connectivity index (χ0n) is 25.8. The summed E-state index contributed by atoms with van der Waals surface area (Å²) >= 11 is 0. The molecular formula is C34H39N7O4. The number of pyridine rings is 3. The molecule has 2 amide bonds. The van der Waals surface area contributed by atoms with E-state index in [0.29, 0.717) is 49.9 Å². The third kappa shape index (κ3) is 7.69. The van der Waals surface area contributed by atoms with E-state index in [1.165, 1.54) is 0 Å². The summed E-state index contributed by atoms with van der Waals surface area (Å²) < 4.78 is 5.64. The van der Waals surface area contributed by atoms with Gasteiger partial charge in [-0.3, -0.25) is 19.6 Å². The predicted molar refractivity (Wildman–Crippen MR) is 173 cm³/mol. The molecule has 0 bridgehead atoms. The molecule has 3 aromatic heterocycles. The van der Waals surface area contributed by atoms with Crippen LogP contribution in [0.15, 0.2) is 60.9 Å². The van der Waals surface area contributed by atoms with Crippen LogP contribution < -0.4 is 26.0 Å². The highest BCUT2D eigenvalue weighted by Crippen LogP contribution is 2.34. The zero-order chi connectivity index (χ0) is 31.8. The van der Waals surface area contributed by atoms with E-state index in [-0.39, 0.29) is 24.5 Å². The number of rotatable bonds is 13. The normalized spacial score (nSPS) is 14.3. The topological polar surface area (TPSA) is 150 Å². The summed E-state index contributed by atoms with van der Waals surface area (Å²) in [5.41, 5.74) is 8.07. The van der Waals surface area contributed by atoms with E-state index in [4.69, 9.17) is 19.8 Å². The molecule has 1 aliphatic heterocycles. The van der Waals surface area contributed by atoms with E-state index >= 15 is 0 Å². The number of aromatic nitrogens is 3. The summed E-state index contributed by atoms with van der Waals surface area (Å²) in [6, 6.07) is 15.4. The number of hydrogen-bond donors (Lipinski definition) is 5. The first-order valence-corrected chi connectivity index (χ1v) is 15.1. The second-order valence-corrected chi connectivity index (χ2v) is 11.0. The first-order valence-electron chi connectivity index (χ1n) is 15.1. The maximum Gasteiger partial charge on any atom is 0.274 e. The van der Waals surface area contributed by atoms with Gasteiger partial charge in [0.1, 0.15) is 5.69 Å². The van der Waals surface area contributed by atoms with Crippen molar-refractivity contribution in [2.75, 3.05) is 32.1 Å². The summed E-state index contributed by atoms with van der Waals surface area (Å²) in [6.45, 7) is 6.36. The van der Waals surface area contributed by atoms with Gasteiger partial charge in [0.05, 0.1) is 25.1 Å². The largest absolute Gasteiger partial charge is 0.481 e. The monoisotopic (exact) mass is 609 g/mol. The number of anilines is 1. The van der Waals surface area contributed by atoms with Crippen LogP contribution in [0, 0.1) is 13.8 Å². The van der Waals surface area contributed by atoms with E-state index in [9.17, 15) is 9.59 Å². The van der Waals surface area contributed by atoms with Crippen LogP contribution in [0.4, 0.5) is 5.69 Å². The molecule has 5 rings (SSSR count). The highest BCUT2D eigenvalue weighted by atomic mass is 16.5. The maximum absolute atomic E-state index is 13.0. The fraction of sp³-hybridized carbons (Fsp3) is 0.324. The third-order valence-electron chi connectivity index (χ3n) is 7.92. The van der Waals surface area contributed by atoms with Crippen molar-refractivity contribution < 1.29 is 19.4 Å². The van der Waals surface area contributed by atoms with Crippen LogP contribution >= 0.6 is 0 Å². The molecule has 1 aliphatic rings. The van der Waals surface area contributed by atoms with Gasteiger partial charge >= 0.3 is 0 Å². The molecule has 11 nitrogen and oxygen atoms in total. The molecule has 1 fully saturated rings. The lowest BCUT2D eigenvalue weighted by Gasteiger charge is -2.16. The van der Waals surface area contributed by atoms with Crippen LogP contribution in [-0.2, 0) is 17.9 Å². The fourth-order valence-electron chi connectivity index (χ4n) is 5.42. The molecule has 0 aliphatic carbocycles. The number of aliphatic hydroxyl groups is 1. The quantitative estimate of drug-likeness (QED) is 0.143. The lowest BCUT2D eigenvalue weighted by atomic mass is 9.96. The number of aliphatic hydroxyl groups excluding tert-OH is 1. The molecule has 234 valence electrons. The van der Waals surface area contributed by atoms with Gasteiger partial charge in [0, 0.05) is 73.4 Å². The Morgan fingerprint density at radius 3 is 2.62 bits per heavy atom. The highest BCUT2D eigenvalue weighted by Gasteiger charge is 2.21. The summed E-state index contributed by atoms with van der Waals surface area (Å²) in [5.74, 6) is 0.340. The number of ether oxygens (including phenoxy) is 1. The maximum atomic E-state index is 13.0. The van der Waals surface area contributed by atoms with Crippen LogP contribution in [0.2, 0.25) is 0 Å². The van der Waals surface area contributed by atoms with Crippen LogP contribution in [0.1, 0.15) is 45.6 Å². The van der Waals surface area contributed by atoms with Gasteiger partial charge in [-0.25, -0.2) is 4.98 Å². The van der Waals surface area contributed by atoms with Crippen molar-refractivity contribution in [1.82, 2.24) is 30.9 Å². The van der Waals surface area contributed by atoms with Crippen LogP contribution in [0.3, 0.4) is 0 Å². The number of methoxy groups -OCH3 is 1.